The first-order valence-corrected chi connectivity index (χ1v) is 15.7. The number of likely N-dealkylation sites (N-methyl/N-ethyl adjacent to an activating group) is 1. The van der Waals surface area contributed by atoms with Crippen molar-refractivity contribution in [2.75, 3.05) is 51.2 Å². The predicted octanol–water partition coefficient (Wildman–Crippen LogP) is 5.79. The van der Waals surface area contributed by atoms with Crippen molar-refractivity contribution in [3.8, 4) is 0 Å². The maximum Gasteiger partial charge on any atom is 0.242 e. The summed E-state index contributed by atoms with van der Waals surface area (Å²) in [5, 5.41) is 4.28. The molecule has 0 spiro atoms. The lowest BCUT2D eigenvalue weighted by Crippen LogP contribution is -2.47. The van der Waals surface area contributed by atoms with Crippen molar-refractivity contribution in [3.05, 3.63) is 87.9 Å². The van der Waals surface area contributed by atoms with Crippen molar-refractivity contribution in [1.29, 1.82) is 0 Å². The zero-order chi connectivity index (χ0) is 28.8. The summed E-state index contributed by atoms with van der Waals surface area (Å²) in [6, 6.07) is 21.7. The number of likely N-dealkylation sites (tertiary alicyclic amines) is 1. The highest BCUT2D eigenvalue weighted by atomic mass is 35.5. The van der Waals surface area contributed by atoms with E-state index in [9.17, 15) is 9.59 Å². The SMILES string of the molecule is CN(C(=O)CN(CC(=O)NCCN1CCCC1)c1cc(Cl)ccc1Sc1ccc(Cl)cc1)C1Cc2ccccc2C1. The van der Waals surface area contributed by atoms with Gasteiger partial charge in [0.25, 0.3) is 0 Å². The van der Waals surface area contributed by atoms with Gasteiger partial charge < -0.3 is 20.0 Å². The first-order valence-electron chi connectivity index (χ1n) is 14.1. The number of halogens is 2. The van der Waals surface area contributed by atoms with Crippen molar-refractivity contribution >= 4 is 52.5 Å². The highest BCUT2D eigenvalue weighted by Gasteiger charge is 2.29. The molecular formula is C32H36Cl2N4O2S. The van der Waals surface area contributed by atoms with E-state index in [1.54, 1.807) is 11.8 Å². The molecule has 216 valence electrons. The van der Waals surface area contributed by atoms with E-state index < -0.39 is 0 Å². The summed E-state index contributed by atoms with van der Waals surface area (Å²) in [6.07, 6.45) is 4.10. The zero-order valence-corrected chi connectivity index (χ0v) is 25.6. The van der Waals surface area contributed by atoms with Crippen LogP contribution in [0.2, 0.25) is 10.0 Å². The third-order valence-corrected chi connectivity index (χ3v) is 9.44. The van der Waals surface area contributed by atoms with E-state index in [0.29, 0.717) is 16.6 Å². The number of carbonyl (C=O) groups excluding carboxylic acids is 2. The minimum atomic E-state index is -0.115. The summed E-state index contributed by atoms with van der Waals surface area (Å²) in [5.41, 5.74) is 3.34. The molecule has 1 saturated heterocycles. The highest BCUT2D eigenvalue weighted by molar-refractivity contribution is 7.99. The average Bonchev–Trinajstić information content (AvgIpc) is 3.64. The van der Waals surface area contributed by atoms with E-state index in [4.69, 9.17) is 23.2 Å². The normalized spacial score (nSPS) is 15.1. The van der Waals surface area contributed by atoms with Crippen molar-refractivity contribution in [2.45, 2.75) is 41.5 Å². The van der Waals surface area contributed by atoms with Gasteiger partial charge in [-0.25, -0.2) is 0 Å². The largest absolute Gasteiger partial charge is 0.353 e. The topological polar surface area (TPSA) is 55.9 Å². The van der Waals surface area contributed by atoms with E-state index in [1.807, 2.05) is 71.4 Å². The van der Waals surface area contributed by atoms with E-state index in [0.717, 1.165) is 48.0 Å². The number of carbonyl (C=O) groups is 2. The molecule has 0 atom stereocenters. The fourth-order valence-corrected chi connectivity index (χ4v) is 6.80. The maximum atomic E-state index is 13.7. The Morgan fingerprint density at radius 3 is 2.27 bits per heavy atom. The minimum absolute atomic E-state index is 0.0323. The lowest BCUT2D eigenvalue weighted by atomic mass is 10.1. The van der Waals surface area contributed by atoms with Crippen molar-refractivity contribution in [1.82, 2.24) is 15.1 Å². The first kappa shape index (κ1) is 29.8. The van der Waals surface area contributed by atoms with Gasteiger partial charge in [0.1, 0.15) is 0 Å². The van der Waals surface area contributed by atoms with Crippen LogP contribution in [0.1, 0.15) is 24.0 Å². The molecule has 2 aliphatic rings. The molecule has 6 nitrogen and oxygen atoms in total. The fraction of sp³-hybridized carbons (Fsp3) is 0.375. The van der Waals surface area contributed by atoms with Gasteiger partial charge in [-0.15, -0.1) is 0 Å². The molecule has 1 aliphatic carbocycles. The van der Waals surface area contributed by atoms with Gasteiger partial charge in [-0.1, -0.05) is 59.2 Å². The second-order valence-electron chi connectivity index (χ2n) is 10.8. The number of hydrogen-bond acceptors (Lipinski definition) is 5. The summed E-state index contributed by atoms with van der Waals surface area (Å²) < 4.78 is 0. The molecule has 5 rings (SSSR count). The van der Waals surface area contributed by atoms with Crippen LogP contribution in [0.3, 0.4) is 0 Å². The fourth-order valence-electron chi connectivity index (χ4n) is 5.56. The summed E-state index contributed by atoms with van der Waals surface area (Å²) in [5.74, 6) is -0.148. The van der Waals surface area contributed by atoms with Crippen LogP contribution >= 0.6 is 35.0 Å². The lowest BCUT2D eigenvalue weighted by molar-refractivity contribution is -0.130. The lowest BCUT2D eigenvalue weighted by Gasteiger charge is -2.31. The van der Waals surface area contributed by atoms with Crippen LogP contribution in [-0.2, 0) is 22.4 Å². The molecule has 3 aromatic carbocycles. The Labute approximate surface area is 257 Å². The monoisotopic (exact) mass is 610 g/mol. The second kappa shape index (κ2) is 14.0. The molecule has 0 radical (unpaired) electrons. The van der Waals surface area contributed by atoms with Crippen LogP contribution in [0.4, 0.5) is 5.69 Å². The predicted molar refractivity (Wildman–Crippen MR) is 168 cm³/mol. The molecule has 1 N–H and O–H groups in total. The summed E-state index contributed by atoms with van der Waals surface area (Å²) in [4.78, 5) is 34.9. The van der Waals surface area contributed by atoms with Crippen LogP contribution < -0.4 is 10.2 Å². The Hall–Kier alpha value is -2.71. The van der Waals surface area contributed by atoms with Crippen molar-refractivity contribution < 1.29 is 9.59 Å². The van der Waals surface area contributed by atoms with Gasteiger partial charge in [0.05, 0.1) is 18.8 Å². The Kier molecular flexibility index (Phi) is 10.1. The molecule has 1 fully saturated rings. The van der Waals surface area contributed by atoms with Crippen LogP contribution in [-0.4, -0.2) is 74.0 Å². The standard InChI is InChI=1S/C32H36Cl2N4O2S/c1-36(27-18-23-6-2-3-7-24(23)19-27)32(40)22-38(21-31(39)35-14-17-37-15-4-5-16-37)29-20-26(34)10-13-30(29)41-28-11-8-25(33)9-12-28/h2-3,6-13,20,27H,4-5,14-19,21-22H2,1H3,(H,35,39). The van der Waals surface area contributed by atoms with Gasteiger partial charge in [-0.2, -0.15) is 0 Å². The Morgan fingerprint density at radius 1 is 0.927 bits per heavy atom. The molecule has 1 heterocycles. The first-order chi connectivity index (χ1) is 19.9. The van der Waals surface area contributed by atoms with Crippen molar-refractivity contribution in [2.24, 2.45) is 0 Å². The number of nitrogens with zero attached hydrogens (tertiary/aromatic N) is 3. The molecule has 0 aromatic heterocycles. The molecule has 1 aliphatic heterocycles. The number of rotatable bonds is 11. The average molecular weight is 612 g/mol. The van der Waals surface area contributed by atoms with Crippen LogP contribution in [0, 0.1) is 0 Å². The molecule has 0 bridgehead atoms. The molecule has 0 saturated carbocycles. The Bertz CT molecular complexity index is 1340. The maximum absolute atomic E-state index is 13.7. The van der Waals surface area contributed by atoms with Crippen molar-refractivity contribution in [3.63, 3.8) is 0 Å². The molecule has 0 unspecified atom stereocenters. The van der Waals surface area contributed by atoms with E-state index in [1.165, 1.54) is 24.0 Å². The number of hydrogen-bond donors (Lipinski definition) is 1. The molecule has 3 aromatic rings. The molecule has 9 heteroatoms. The zero-order valence-electron chi connectivity index (χ0n) is 23.3. The summed E-state index contributed by atoms with van der Waals surface area (Å²) >= 11 is 14.1. The van der Waals surface area contributed by atoms with Gasteiger partial charge in [0, 0.05) is 46.0 Å². The van der Waals surface area contributed by atoms with E-state index in [2.05, 4.69) is 22.3 Å². The van der Waals surface area contributed by atoms with E-state index >= 15 is 0 Å². The number of amides is 2. The summed E-state index contributed by atoms with van der Waals surface area (Å²) in [7, 11) is 1.87. The molecule has 41 heavy (non-hydrogen) atoms. The molecular weight excluding hydrogens is 575 g/mol. The second-order valence-corrected chi connectivity index (χ2v) is 12.7. The van der Waals surface area contributed by atoms with Crippen LogP contribution in [0.25, 0.3) is 0 Å². The number of fused-ring (bicyclic) bond motifs is 1. The summed E-state index contributed by atoms with van der Waals surface area (Å²) in [6.45, 7) is 3.72. The Balaban J connectivity index is 1.33. The van der Waals surface area contributed by atoms with Crippen LogP contribution in [0.15, 0.2) is 76.5 Å². The van der Waals surface area contributed by atoms with E-state index in [-0.39, 0.29) is 30.9 Å². The minimum Gasteiger partial charge on any atom is -0.353 e. The van der Waals surface area contributed by atoms with Gasteiger partial charge in [0.2, 0.25) is 11.8 Å². The van der Waals surface area contributed by atoms with Gasteiger partial charge in [-0.3, -0.25) is 9.59 Å². The third-order valence-electron chi connectivity index (χ3n) is 7.88. The number of benzene rings is 3. The van der Waals surface area contributed by atoms with Crippen LogP contribution in [0.5, 0.6) is 0 Å². The van der Waals surface area contributed by atoms with Gasteiger partial charge in [-0.05, 0) is 92.4 Å². The van der Waals surface area contributed by atoms with Gasteiger partial charge in [0.15, 0.2) is 0 Å². The number of anilines is 1. The smallest absolute Gasteiger partial charge is 0.242 e. The quantitative estimate of drug-likeness (QED) is 0.298. The third kappa shape index (κ3) is 7.98. The highest BCUT2D eigenvalue weighted by Crippen LogP contribution is 2.38. The Morgan fingerprint density at radius 2 is 1.59 bits per heavy atom. The molecule has 2 amide bonds. The number of nitrogens with one attached hydrogen (secondary N) is 1. The van der Waals surface area contributed by atoms with Gasteiger partial charge >= 0.3 is 0 Å².